The Kier molecular flexibility index (Phi) is 15.8. The van der Waals surface area contributed by atoms with Crippen LogP contribution in [0.25, 0.3) is 21.5 Å². The number of ketones is 1. The van der Waals surface area contributed by atoms with Crippen molar-refractivity contribution in [2.75, 3.05) is 42.9 Å². The van der Waals surface area contributed by atoms with Gasteiger partial charge in [-0.15, -0.1) is 11.3 Å². The summed E-state index contributed by atoms with van der Waals surface area (Å²) >= 11 is 1.57. The number of nitrogens with one attached hydrogen (secondary N) is 3. The molecule has 3 aliphatic rings. The van der Waals surface area contributed by atoms with E-state index in [9.17, 15) is 33.9 Å². The molecule has 0 radical (unpaired) electrons. The molecule has 2 saturated heterocycles. The van der Waals surface area contributed by atoms with Crippen molar-refractivity contribution in [1.29, 1.82) is 0 Å². The van der Waals surface area contributed by atoms with Crippen LogP contribution in [0.1, 0.15) is 112 Å². The number of aryl methyl sites for hydroxylation is 2. The number of thiazole rings is 1. The number of carbonyl (C=O) groups is 5. The second-order valence-corrected chi connectivity index (χ2v) is 20.9. The van der Waals surface area contributed by atoms with Gasteiger partial charge in [0.25, 0.3) is 11.5 Å². The van der Waals surface area contributed by atoms with Crippen LogP contribution in [0.5, 0.6) is 0 Å². The standard InChI is InChI=1S/C53H63N11O7S/c1-32-40-29-56-52(60-48(40)64(37-12-10-11-13-37)50(70)45(32)34(3)65)58-42-21-20-38(28-54-42)61-22-24-62(25-23-61)44(68)15-9-7-8-14-43(67)59-47(53(4,5)6)51(71)63-30-39(66)26-41(63)49(69)55-27-35-16-18-36(19-17-35)46-33(2)57-31-72-46/h16-21,28-29,31,37,39,41,47,66H,7-8,10-14,22-27,30H2,1-6H3,(H,55,69)(H,59,67)(H,54,56,58,60)/t39-,41+,47-/m1/s1. The monoisotopic (exact) mass is 997 g/mol. The van der Waals surface area contributed by atoms with Gasteiger partial charge in [0.1, 0.15) is 23.5 Å². The third-order valence-corrected chi connectivity index (χ3v) is 14.8. The number of likely N-dealkylation sites (tertiary alicyclic amines) is 1. The van der Waals surface area contributed by atoms with Gasteiger partial charge in [-0.05, 0) is 80.2 Å². The molecule has 0 unspecified atom stereocenters. The molecule has 72 heavy (non-hydrogen) atoms. The van der Waals surface area contributed by atoms with Gasteiger partial charge in [0, 0.05) is 76.2 Å². The smallest absolute Gasteiger partial charge is 0.298 e. The lowest BCUT2D eigenvalue weighted by molar-refractivity contribution is -0.144. The van der Waals surface area contributed by atoms with Crippen LogP contribution in [-0.4, -0.2) is 120 Å². The summed E-state index contributed by atoms with van der Waals surface area (Å²) in [5.41, 5.74) is 5.84. The molecule has 3 atom stereocenters. The first-order valence-electron chi connectivity index (χ1n) is 24.7. The zero-order chi connectivity index (χ0) is 51.3. The summed E-state index contributed by atoms with van der Waals surface area (Å²) < 4.78 is 1.68. The minimum Gasteiger partial charge on any atom is -0.391 e. The van der Waals surface area contributed by atoms with Gasteiger partial charge in [0.15, 0.2) is 5.78 Å². The molecule has 6 heterocycles. The SMILES string of the molecule is CC(=O)c1c(C)c2cnc(Nc3ccc(N4CCN(C(=O)C#CCCCC(=O)N[C@H](C(=O)N5C[C@H](O)C[C@H]5C(=O)NCc5ccc(-c6scnc6C)cc5)C(C)(C)C)CC4)cn3)nc2n(C2CCCC2)c1=O. The highest BCUT2D eigenvalue weighted by Crippen LogP contribution is 2.33. The van der Waals surface area contributed by atoms with Gasteiger partial charge in [-0.3, -0.25) is 33.3 Å². The number of nitrogens with zero attached hydrogens (tertiary/aromatic N) is 8. The van der Waals surface area contributed by atoms with E-state index in [2.05, 4.69) is 47.6 Å². The number of piperazine rings is 1. The molecule has 1 aromatic carbocycles. The quantitative estimate of drug-likeness (QED) is 0.0603. The molecular weight excluding hydrogens is 935 g/mol. The molecule has 8 rings (SSSR count). The lowest BCUT2D eigenvalue weighted by Gasteiger charge is -2.35. The van der Waals surface area contributed by atoms with Crippen LogP contribution in [-0.2, 0) is 25.7 Å². The number of β-amino-alcohol motifs (C(OH)–C–C–N with tert-alkyl or cyclic N) is 1. The number of rotatable bonds is 14. The van der Waals surface area contributed by atoms with Crippen LogP contribution in [0.2, 0.25) is 0 Å². The van der Waals surface area contributed by atoms with Crippen molar-refractivity contribution in [1.82, 2.24) is 44.9 Å². The fourth-order valence-corrected chi connectivity index (χ4v) is 10.6. The maximum absolute atomic E-state index is 14.1. The molecule has 18 nitrogen and oxygen atoms in total. The normalized spacial score (nSPS) is 17.6. The van der Waals surface area contributed by atoms with E-state index in [1.807, 2.05) is 69.6 Å². The van der Waals surface area contributed by atoms with E-state index in [-0.39, 0.29) is 72.5 Å². The van der Waals surface area contributed by atoms with Crippen LogP contribution in [0, 0.1) is 31.1 Å². The Morgan fingerprint density at radius 1 is 0.944 bits per heavy atom. The number of hydrogen-bond acceptors (Lipinski definition) is 14. The number of benzene rings is 1. The van der Waals surface area contributed by atoms with Gasteiger partial charge < -0.3 is 35.8 Å². The van der Waals surface area contributed by atoms with Crippen molar-refractivity contribution in [2.45, 2.75) is 124 Å². The highest BCUT2D eigenvalue weighted by Gasteiger charge is 2.44. The van der Waals surface area contributed by atoms with Crippen LogP contribution >= 0.6 is 11.3 Å². The third kappa shape index (κ3) is 11.7. The molecule has 4 aromatic heterocycles. The first kappa shape index (κ1) is 51.3. The number of aliphatic hydroxyl groups is 1. The topological polar surface area (TPSA) is 225 Å². The lowest BCUT2D eigenvalue weighted by atomic mass is 9.85. The van der Waals surface area contributed by atoms with Crippen LogP contribution in [0.4, 0.5) is 17.5 Å². The average Bonchev–Trinajstić information content (AvgIpc) is 4.14. The summed E-state index contributed by atoms with van der Waals surface area (Å²) in [6, 6.07) is 9.74. The molecular formula is C53H63N11O7S. The number of pyridine rings is 2. The highest BCUT2D eigenvalue weighted by atomic mass is 32.1. The van der Waals surface area contributed by atoms with E-state index in [4.69, 9.17) is 4.98 Å². The Morgan fingerprint density at radius 2 is 1.68 bits per heavy atom. The molecule has 1 aliphatic carbocycles. The number of unbranched alkanes of at least 4 members (excludes halogenated alkanes) is 1. The first-order chi connectivity index (χ1) is 34.5. The lowest BCUT2D eigenvalue weighted by Crippen LogP contribution is -2.57. The maximum atomic E-state index is 14.1. The molecule has 4 amide bonds. The van der Waals surface area contributed by atoms with Gasteiger partial charge in [0.2, 0.25) is 23.7 Å². The molecule has 19 heteroatoms. The minimum atomic E-state index is -0.951. The van der Waals surface area contributed by atoms with Crippen LogP contribution in [0.3, 0.4) is 0 Å². The van der Waals surface area contributed by atoms with Gasteiger partial charge in [-0.25, -0.2) is 15.0 Å². The molecule has 0 bridgehead atoms. The van der Waals surface area contributed by atoms with E-state index < -0.39 is 29.5 Å². The number of Topliss-reactive ketones (excluding diaryl/α,β-unsaturated/α-hetero) is 1. The summed E-state index contributed by atoms with van der Waals surface area (Å²) in [5, 5.41) is 20.3. The number of aromatic nitrogens is 5. The summed E-state index contributed by atoms with van der Waals surface area (Å²) in [6.45, 7) is 13.0. The first-order valence-corrected chi connectivity index (χ1v) is 25.6. The summed E-state index contributed by atoms with van der Waals surface area (Å²) in [7, 11) is 0. The summed E-state index contributed by atoms with van der Waals surface area (Å²) in [4.78, 5) is 104. The molecule has 2 aliphatic heterocycles. The second kappa shape index (κ2) is 22.2. The van der Waals surface area contributed by atoms with Crippen molar-refractivity contribution in [3.8, 4) is 22.3 Å². The van der Waals surface area contributed by atoms with Gasteiger partial charge >= 0.3 is 0 Å². The fraction of sp³-hybridized carbons (Fsp3) is 0.472. The number of aliphatic hydroxyl groups excluding tert-OH is 1. The van der Waals surface area contributed by atoms with E-state index >= 15 is 0 Å². The molecule has 378 valence electrons. The van der Waals surface area contributed by atoms with Gasteiger partial charge in [0.05, 0.1) is 39.6 Å². The van der Waals surface area contributed by atoms with Crippen molar-refractivity contribution in [3.63, 3.8) is 0 Å². The van der Waals surface area contributed by atoms with Gasteiger partial charge in [-0.1, -0.05) is 63.8 Å². The number of hydrogen-bond donors (Lipinski definition) is 4. The summed E-state index contributed by atoms with van der Waals surface area (Å²) in [5.74, 6) is 4.72. The van der Waals surface area contributed by atoms with E-state index in [0.717, 1.165) is 53.1 Å². The van der Waals surface area contributed by atoms with Crippen molar-refractivity contribution >= 4 is 69.2 Å². The van der Waals surface area contributed by atoms with E-state index in [0.29, 0.717) is 61.4 Å². The Labute approximate surface area is 423 Å². The molecule has 1 saturated carbocycles. The summed E-state index contributed by atoms with van der Waals surface area (Å²) in [6.07, 6.45) is 7.09. The van der Waals surface area contributed by atoms with E-state index in [1.165, 1.54) is 11.8 Å². The molecule has 3 fully saturated rings. The number of carbonyl (C=O) groups excluding carboxylic acids is 5. The van der Waals surface area contributed by atoms with Crippen molar-refractivity contribution < 1.29 is 29.1 Å². The Hall–Kier alpha value is -7.04. The zero-order valence-electron chi connectivity index (χ0n) is 41.8. The molecule has 0 spiro atoms. The van der Waals surface area contributed by atoms with Crippen molar-refractivity contribution in [3.05, 3.63) is 87.0 Å². The zero-order valence-corrected chi connectivity index (χ0v) is 42.6. The highest BCUT2D eigenvalue weighted by molar-refractivity contribution is 7.13. The van der Waals surface area contributed by atoms with Gasteiger partial charge in [-0.2, -0.15) is 4.98 Å². The van der Waals surface area contributed by atoms with Crippen LogP contribution in [0.15, 0.2) is 59.1 Å². The predicted molar refractivity (Wildman–Crippen MR) is 276 cm³/mol. The third-order valence-electron chi connectivity index (χ3n) is 13.8. The van der Waals surface area contributed by atoms with E-state index in [1.54, 1.807) is 40.1 Å². The molecule has 5 aromatic rings. The second-order valence-electron chi connectivity index (χ2n) is 20.0. The Bertz CT molecular complexity index is 2960. The predicted octanol–water partition coefficient (Wildman–Crippen LogP) is 5.62. The number of fused-ring (bicyclic) bond motifs is 1. The minimum absolute atomic E-state index is 0.0214. The average molecular weight is 998 g/mol. The van der Waals surface area contributed by atoms with Crippen molar-refractivity contribution in [2.24, 2.45) is 5.41 Å². The Morgan fingerprint density at radius 3 is 2.33 bits per heavy atom. The fourth-order valence-electron chi connectivity index (χ4n) is 9.81. The number of amides is 4. The maximum Gasteiger partial charge on any atom is 0.298 e. The number of anilines is 3. The van der Waals surface area contributed by atoms with Crippen LogP contribution < -0.4 is 26.4 Å². The largest absolute Gasteiger partial charge is 0.391 e. The Balaban J connectivity index is 0.782. The molecule has 4 N–H and O–H groups in total.